The van der Waals surface area contributed by atoms with Crippen molar-refractivity contribution in [2.75, 3.05) is 7.05 Å². The van der Waals surface area contributed by atoms with Crippen LogP contribution in [0.25, 0.3) is 6.08 Å². The third kappa shape index (κ3) is 4.83. The maximum Gasteiger partial charge on any atom is 0.245 e. The third-order valence-electron chi connectivity index (χ3n) is 2.72. The molecule has 102 valence electrons. The first kappa shape index (κ1) is 14.8. The number of amides is 1. The molecule has 1 aromatic rings. The average molecular weight is 260 g/mol. The molecular weight excluding hydrogens is 240 g/mol. The van der Waals surface area contributed by atoms with Gasteiger partial charge in [0.2, 0.25) is 5.91 Å². The van der Waals surface area contributed by atoms with Crippen LogP contribution in [-0.2, 0) is 11.3 Å². The Hall–Kier alpha value is -2.30. The highest BCUT2D eigenvalue weighted by atomic mass is 16.1. The molecule has 1 amide bonds. The van der Waals surface area contributed by atoms with Crippen molar-refractivity contribution in [2.45, 2.75) is 20.4 Å². The zero-order valence-electron chi connectivity index (χ0n) is 11.6. The standard InChI is InChI=1S/C11H13N.C3H7N3O/c1-9-7-10-5-3-4-6-11(10)8-12(9)2;1-2(7)6-3(4)5/h3-7H,8H2,1-2H3;1H3,(H4,4,5,6,7). The first-order valence-electron chi connectivity index (χ1n) is 5.97. The largest absolute Gasteiger partial charge is 0.374 e. The highest BCUT2D eigenvalue weighted by Crippen LogP contribution is 2.22. The maximum absolute atomic E-state index is 9.91. The van der Waals surface area contributed by atoms with Gasteiger partial charge >= 0.3 is 0 Å². The second kappa shape index (κ2) is 6.58. The molecule has 1 aliphatic heterocycles. The van der Waals surface area contributed by atoms with Gasteiger partial charge in [-0.15, -0.1) is 0 Å². The number of hydrogen-bond acceptors (Lipinski definition) is 2. The minimum atomic E-state index is -0.375. The number of guanidine groups is 1. The summed E-state index contributed by atoms with van der Waals surface area (Å²) < 4.78 is 0. The van der Waals surface area contributed by atoms with E-state index in [0.717, 1.165) is 6.54 Å². The zero-order chi connectivity index (χ0) is 14.4. The van der Waals surface area contributed by atoms with Crippen LogP contribution >= 0.6 is 0 Å². The van der Waals surface area contributed by atoms with Crippen LogP contribution in [0.4, 0.5) is 0 Å². The van der Waals surface area contributed by atoms with E-state index in [1.807, 2.05) is 0 Å². The van der Waals surface area contributed by atoms with Crippen molar-refractivity contribution in [1.29, 1.82) is 0 Å². The summed E-state index contributed by atoms with van der Waals surface area (Å²) in [6.45, 7) is 4.47. The molecule has 0 aliphatic carbocycles. The number of fused-ring (bicyclic) bond motifs is 1. The molecule has 4 N–H and O–H groups in total. The molecule has 0 spiro atoms. The van der Waals surface area contributed by atoms with Gasteiger partial charge < -0.3 is 16.4 Å². The third-order valence-corrected chi connectivity index (χ3v) is 2.72. The predicted molar refractivity (Wildman–Crippen MR) is 78.1 cm³/mol. The SMILES string of the molecule is CC(=O)N=C(N)N.CC1=Cc2ccccc2CN1C. The fourth-order valence-corrected chi connectivity index (χ4v) is 1.72. The molecule has 1 aliphatic rings. The molecule has 1 heterocycles. The van der Waals surface area contributed by atoms with E-state index in [1.54, 1.807) is 0 Å². The summed E-state index contributed by atoms with van der Waals surface area (Å²) in [5, 5.41) is 0. The minimum Gasteiger partial charge on any atom is -0.374 e. The smallest absolute Gasteiger partial charge is 0.245 e. The molecule has 0 bridgehead atoms. The average Bonchev–Trinajstić information content (AvgIpc) is 2.29. The summed E-state index contributed by atoms with van der Waals surface area (Å²) in [5.74, 6) is -0.562. The number of nitrogens with zero attached hydrogens (tertiary/aromatic N) is 2. The summed E-state index contributed by atoms with van der Waals surface area (Å²) in [6, 6.07) is 8.55. The van der Waals surface area contributed by atoms with Gasteiger partial charge in [0.25, 0.3) is 0 Å². The molecule has 1 aromatic carbocycles. The number of carbonyl (C=O) groups excluding carboxylic acids is 1. The Bertz CT molecular complexity index is 516. The van der Waals surface area contributed by atoms with Gasteiger partial charge in [0.05, 0.1) is 0 Å². The van der Waals surface area contributed by atoms with Crippen LogP contribution in [0.3, 0.4) is 0 Å². The van der Waals surface area contributed by atoms with Crippen LogP contribution in [0.2, 0.25) is 0 Å². The number of allylic oxidation sites excluding steroid dienone is 1. The molecule has 0 unspecified atom stereocenters. The lowest BCUT2D eigenvalue weighted by Crippen LogP contribution is -2.23. The summed E-state index contributed by atoms with van der Waals surface area (Å²) in [7, 11) is 2.13. The van der Waals surface area contributed by atoms with Gasteiger partial charge in [-0.25, -0.2) is 0 Å². The van der Waals surface area contributed by atoms with Gasteiger partial charge in [0.1, 0.15) is 0 Å². The molecule has 0 saturated heterocycles. The Morgan fingerprint density at radius 1 is 1.32 bits per heavy atom. The molecule has 0 radical (unpaired) electrons. The number of carbonyl (C=O) groups is 1. The van der Waals surface area contributed by atoms with Crippen molar-refractivity contribution < 1.29 is 4.79 Å². The molecule has 5 heteroatoms. The van der Waals surface area contributed by atoms with Gasteiger partial charge in [-0.3, -0.25) is 4.79 Å². The topological polar surface area (TPSA) is 84.7 Å². The van der Waals surface area contributed by atoms with Crippen LogP contribution in [-0.4, -0.2) is 23.8 Å². The molecular formula is C14H20N4O. The van der Waals surface area contributed by atoms with E-state index in [1.165, 1.54) is 23.7 Å². The van der Waals surface area contributed by atoms with Crippen molar-refractivity contribution in [1.82, 2.24) is 4.90 Å². The molecule has 0 aromatic heterocycles. The fraction of sp³-hybridized carbons (Fsp3) is 0.286. The van der Waals surface area contributed by atoms with E-state index in [2.05, 4.69) is 54.2 Å². The van der Waals surface area contributed by atoms with Gasteiger partial charge in [-0.1, -0.05) is 24.3 Å². The van der Waals surface area contributed by atoms with Gasteiger partial charge in [-0.2, -0.15) is 4.99 Å². The molecule has 2 rings (SSSR count). The lowest BCUT2D eigenvalue weighted by Gasteiger charge is -2.25. The van der Waals surface area contributed by atoms with E-state index < -0.39 is 0 Å². The molecule has 0 atom stereocenters. The van der Waals surface area contributed by atoms with Gasteiger partial charge in [-0.05, 0) is 24.1 Å². The van der Waals surface area contributed by atoms with Crippen molar-refractivity contribution in [2.24, 2.45) is 16.5 Å². The molecule has 19 heavy (non-hydrogen) atoms. The Balaban J connectivity index is 0.000000224. The minimum absolute atomic E-state index is 0.187. The highest BCUT2D eigenvalue weighted by Gasteiger charge is 2.09. The number of nitrogens with two attached hydrogens (primary N) is 2. The zero-order valence-corrected chi connectivity index (χ0v) is 11.6. The fourth-order valence-electron chi connectivity index (χ4n) is 1.72. The molecule has 5 nitrogen and oxygen atoms in total. The van der Waals surface area contributed by atoms with Crippen molar-refractivity contribution in [3.8, 4) is 0 Å². The molecule has 0 saturated carbocycles. The second-order valence-electron chi connectivity index (χ2n) is 4.40. The first-order chi connectivity index (χ1) is 8.90. The predicted octanol–water partition coefficient (Wildman–Crippen LogP) is 1.30. The van der Waals surface area contributed by atoms with E-state index in [0.29, 0.717) is 0 Å². The van der Waals surface area contributed by atoms with E-state index in [-0.39, 0.29) is 11.9 Å². The number of benzene rings is 1. The van der Waals surface area contributed by atoms with Crippen LogP contribution in [0, 0.1) is 0 Å². The highest BCUT2D eigenvalue weighted by molar-refractivity contribution is 5.90. The van der Waals surface area contributed by atoms with Crippen LogP contribution in [0.15, 0.2) is 35.0 Å². The van der Waals surface area contributed by atoms with Crippen LogP contribution in [0.5, 0.6) is 0 Å². The Labute approximate surface area is 113 Å². The lowest BCUT2D eigenvalue weighted by molar-refractivity contribution is -0.115. The number of aliphatic imine (C=N–C) groups is 1. The van der Waals surface area contributed by atoms with E-state index in [9.17, 15) is 4.79 Å². The number of hydrogen-bond donors (Lipinski definition) is 2. The van der Waals surface area contributed by atoms with E-state index in [4.69, 9.17) is 11.5 Å². The number of rotatable bonds is 0. The van der Waals surface area contributed by atoms with Crippen molar-refractivity contribution in [3.05, 3.63) is 41.1 Å². The van der Waals surface area contributed by atoms with Crippen LogP contribution < -0.4 is 11.5 Å². The van der Waals surface area contributed by atoms with Gasteiger partial charge in [0.15, 0.2) is 5.96 Å². The molecule has 0 fully saturated rings. The second-order valence-corrected chi connectivity index (χ2v) is 4.40. The summed E-state index contributed by atoms with van der Waals surface area (Å²) in [6.07, 6.45) is 2.23. The van der Waals surface area contributed by atoms with Crippen molar-refractivity contribution >= 4 is 17.9 Å². The van der Waals surface area contributed by atoms with E-state index >= 15 is 0 Å². The summed E-state index contributed by atoms with van der Waals surface area (Å²) in [4.78, 5) is 15.3. The quantitative estimate of drug-likeness (QED) is 0.544. The first-order valence-corrected chi connectivity index (χ1v) is 5.97. The Kier molecular flexibility index (Phi) is 5.11. The maximum atomic E-state index is 9.91. The lowest BCUT2D eigenvalue weighted by atomic mass is 10.0. The normalized spacial score (nSPS) is 12.6. The monoisotopic (exact) mass is 260 g/mol. The summed E-state index contributed by atoms with van der Waals surface area (Å²) >= 11 is 0. The van der Waals surface area contributed by atoms with Crippen LogP contribution in [0.1, 0.15) is 25.0 Å². The Morgan fingerprint density at radius 3 is 2.47 bits per heavy atom. The van der Waals surface area contributed by atoms with Gasteiger partial charge in [0, 0.05) is 26.2 Å². The van der Waals surface area contributed by atoms with Crippen molar-refractivity contribution in [3.63, 3.8) is 0 Å². The summed E-state index contributed by atoms with van der Waals surface area (Å²) in [5.41, 5.74) is 13.7. The Morgan fingerprint density at radius 2 is 1.95 bits per heavy atom.